The number of rotatable bonds is 7. The molecule has 0 aliphatic carbocycles. The summed E-state index contributed by atoms with van der Waals surface area (Å²) < 4.78 is 8.35. The molecule has 148 valence electrons. The van der Waals surface area contributed by atoms with Crippen LogP contribution in [0.25, 0.3) is 22.4 Å². The van der Waals surface area contributed by atoms with Crippen molar-refractivity contribution >= 4 is 23.0 Å². The summed E-state index contributed by atoms with van der Waals surface area (Å²) in [5.41, 5.74) is 7.37. The first-order valence-corrected chi connectivity index (χ1v) is 9.14. The van der Waals surface area contributed by atoms with Crippen LogP contribution in [-0.4, -0.2) is 30.2 Å². The Kier molecular flexibility index (Phi) is 5.06. The molecule has 0 atom stereocenters. The third kappa shape index (κ3) is 3.72. The van der Waals surface area contributed by atoms with Crippen LogP contribution in [0.4, 0.5) is 6.01 Å². The Balaban J connectivity index is 1.38. The Bertz CT molecular complexity index is 1190. The van der Waals surface area contributed by atoms with Crippen molar-refractivity contribution in [1.29, 1.82) is 0 Å². The lowest BCUT2D eigenvalue weighted by Gasteiger charge is -2.05. The van der Waals surface area contributed by atoms with Gasteiger partial charge in [-0.1, -0.05) is 17.3 Å². The Hall–Kier alpha value is -3.95. The van der Waals surface area contributed by atoms with Crippen molar-refractivity contribution in [3.8, 4) is 11.4 Å². The highest BCUT2D eigenvalue weighted by Crippen LogP contribution is 2.16. The zero-order chi connectivity index (χ0) is 20.2. The first-order valence-electron chi connectivity index (χ1n) is 9.14. The first-order chi connectivity index (χ1) is 14.2. The van der Waals surface area contributed by atoms with Crippen LogP contribution in [0.15, 0.2) is 58.1 Å². The standard InChI is InChI=1S/C19H19N7O3/c1-2-25-14-5-3-4-6-15(14)26(19(25)28)12-9-16(27)22-23-18-21-17(24-29-18)13-7-10-20-11-8-13/h3-8,10-11H,2,9,12H2,1H3,(H,22,27)(H,21,23,24). The lowest BCUT2D eigenvalue weighted by Crippen LogP contribution is -2.32. The molecule has 1 aromatic carbocycles. The molecule has 0 spiro atoms. The molecule has 2 N–H and O–H groups in total. The highest BCUT2D eigenvalue weighted by atomic mass is 16.5. The van der Waals surface area contributed by atoms with Crippen LogP contribution in [0.2, 0.25) is 0 Å². The van der Waals surface area contributed by atoms with E-state index in [0.29, 0.717) is 12.4 Å². The lowest BCUT2D eigenvalue weighted by molar-refractivity contribution is -0.120. The molecule has 0 aliphatic heterocycles. The Morgan fingerprint density at radius 1 is 1.10 bits per heavy atom. The van der Waals surface area contributed by atoms with Crippen molar-refractivity contribution < 1.29 is 9.32 Å². The number of amides is 1. The predicted octanol–water partition coefficient (Wildman–Crippen LogP) is 1.80. The second-order valence-corrected chi connectivity index (χ2v) is 6.25. The Morgan fingerprint density at radius 3 is 2.55 bits per heavy atom. The number of hydrogen-bond acceptors (Lipinski definition) is 7. The summed E-state index contributed by atoms with van der Waals surface area (Å²) in [7, 11) is 0. The van der Waals surface area contributed by atoms with Crippen LogP contribution in [0.1, 0.15) is 13.3 Å². The average molecular weight is 393 g/mol. The second-order valence-electron chi connectivity index (χ2n) is 6.25. The molecule has 3 aromatic heterocycles. The molecule has 10 nitrogen and oxygen atoms in total. The molecule has 0 saturated carbocycles. The fraction of sp³-hybridized carbons (Fsp3) is 0.211. The Labute approximate surface area is 165 Å². The van der Waals surface area contributed by atoms with Gasteiger partial charge in [0.15, 0.2) is 0 Å². The molecule has 1 amide bonds. The van der Waals surface area contributed by atoms with E-state index in [0.717, 1.165) is 16.6 Å². The number of aromatic nitrogens is 5. The van der Waals surface area contributed by atoms with Gasteiger partial charge >= 0.3 is 11.7 Å². The van der Waals surface area contributed by atoms with E-state index >= 15 is 0 Å². The summed E-state index contributed by atoms with van der Waals surface area (Å²) in [5.74, 6) is 0.0666. The van der Waals surface area contributed by atoms with E-state index in [4.69, 9.17) is 4.52 Å². The van der Waals surface area contributed by atoms with Crippen LogP contribution >= 0.6 is 0 Å². The second kappa shape index (κ2) is 7.97. The molecule has 10 heteroatoms. The van der Waals surface area contributed by atoms with Crippen LogP contribution in [0.5, 0.6) is 0 Å². The summed E-state index contributed by atoms with van der Waals surface area (Å²) in [5, 5.41) is 3.84. The summed E-state index contributed by atoms with van der Waals surface area (Å²) in [6.07, 6.45) is 3.35. The minimum absolute atomic E-state index is 0.0601. The zero-order valence-electron chi connectivity index (χ0n) is 15.7. The number of carbonyl (C=O) groups excluding carboxylic acids is 1. The lowest BCUT2D eigenvalue weighted by atomic mass is 10.3. The molecule has 4 rings (SSSR count). The number of aryl methyl sites for hydroxylation is 2. The maximum absolute atomic E-state index is 12.6. The van der Waals surface area contributed by atoms with Crippen LogP contribution in [0.3, 0.4) is 0 Å². The molecule has 0 saturated heterocycles. The number of para-hydroxylation sites is 2. The maximum Gasteiger partial charge on any atom is 0.340 e. The summed E-state index contributed by atoms with van der Waals surface area (Å²) >= 11 is 0. The number of hydrazine groups is 1. The number of carbonyl (C=O) groups is 1. The van der Waals surface area contributed by atoms with Crippen LogP contribution in [-0.2, 0) is 17.9 Å². The number of imidazole rings is 1. The third-order valence-corrected chi connectivity index (χ3v) is 4.48. The van der Waals surface area contributed by atoms with Gasteiger partial charge < -0.3 is 4.52 Å². The van der Waals surface area contributed by atoms with E-state index in [1.54, 1.807) is 33.7 Å². The Morgan fingerprint density at radius 2 is 1.83 bits per heavy atom. The van der Waals surface area contributed by atoms with Gasteiger partial charge in [0.2, 0.25) is 11.7 Å². The van der Waals surface area contributed by atoms with Gasteiger partial charge in [-0.05, 0) is 31.2 Å². The molecular weight excluding hydrogens is 374 g/mol. The summed E-state index contributed by atoms with van der Waals surface area (Å²) in [6, 6.07) is 11.1. The van der Waals surface area contributed by atoms with Gasteiger partial charge in [0.1, 0.15) is 0 Å². The predicted molar refractivity (Wildman–Crippen MR) is 106 cm³/mol. The van der Waals surface area contributed by atoms with Crippen molar-refractivity contribution in [2.75, 3.05) is 5.43 Å². The number of nitrogens with zero attached hydrogens (tertiary/aromatic N) is 5. The molecule has 0 unspecified atom stereocenters. The smallest absolute Gasteiger partial charge is 0.313 e. The van der Waals surface area contributed by atoms with Crippen molar-refractivity contribution in [2.45, 2.75) is 26.4 Å². The van der Waals surface area contributed by atoms with E-state index in [9.17, 15) is 9.59 Å². The largest absolute Gasteiger partial charge is 0.340 e. The first kappa shape index (κ1) is 18.4. The monoisotopic (exact) mass is 393 g/mol. The molecule has 0 aliphatic rings. The number of hydrogen-bond donors (Lipinski definition) is 2. The van der Waals surface area contributed by atoms with Gasteiger partial charge in [-0.2, -0.15) is 4.98 Å². The van der Waals surface area contributed by atoms with Gasteiger partial charge in [-0.15, -0.1) is 0 Å². The molecule has 0 fully saturated rings. The highest BCUT2D eigenvalue weighted by Gasteiger charge is 2.13. The van der Waals surface area contributed by atoms with E-state index in [1.165, 1.54) is 0 Å². The van der Waals surface area contributed by atoms with Crippen molar-refractivity contribution in [2.24, 2.45) is 0 Å². The van der Waals surface area contributed by atoms with Gasteiger partial charge in [-0.3, -0.25) is 24.3 Å². The number of fused-ring (bicyclic) bond motifs is 1. The van der Waals surface area contributed by atoms with E-state index < -0.39 is 0 Å². The zero-order valence-corrected chi connectivity index (χ0v) is 15.7. The highest BCUT2D eigenvalue weighted by molar-refractivity contribution is 5.78. The molecule has 4 aromatic rings. The van der Waals surface area contributed by atoms with E-state index in [1.807, 2.05) is 31.2 Å². The van der Waals surface area contributed by atoms with Gasteiger partial charge in [0, 0.05) is 37.5 Å². The minimum atomic E-state index is -0.311. The third-order valence-electron chi connectivity index (χ3n) is 4.48. The normalized spacial score (nSPS) is 10.9. The summed E-state index contributed by atoms with van der Waals surface area (Å²) in [6.45, 7) is 2.74. The number of pyridine rings is 1. The van der Waals surface area contributed by atoms with Crippen molar-refractivity contribution in [1.82, 2.24) is 29.7 Å². The maximum atomic E-state index is 12.6. The fourth-order valence-corrected chi connectivity index (χ4v) is 3.09. The molecule has 0 bridgehead atoms. The van der Waals surface area contributed by atoms with Crippen molar-refractivity contribution in [3.05, 3.63) is 59.3 Å². The van der Waals surface area contributed by atoms with Gasteiger partial charge in [0.05, 0.1) is 11.0 Å². The molecular formula is C19H19N7O3. The van der Waals surface area contributed by atoms with Crippen molar-refractivity contribution in [3.63, 3.8) is 0 Å². The average Bonchev–Trinajstić information content (AvgIpc) is 3.33. The number of benzene rings is 1. The number of anilines is 1. The molecule has 0 radical (unpaired) electrons. The van der Waals surface area contributed by atoms with Gasteiger partial charge in [-0.25, -0.2) is 10.2 Å². The fourth-order valence-electron chi connectivity index (χ4n) is 3.09. The topological polar surface area (TPSA) is 120 Å². The van der Waals surface area contributed by atoms with E-state index in [2.05, 4.69) is 26.0 Å². The molecule has 29 heavy (non-hydrogen) atoms. The van der Waals surface area contributed by atoms with Crippen LogP contribution in [0, 0.1) is 0 Å². The SMILES string of the molecule is CCn1c(=O)n(CCC(=O)NNc2nc(-c3ccncc3)no2)c2ccccc21. The summed E-state index contributed by atoms with van der Waals surface area (Å²) in [4.78, 5) is 32.9. The quantitative estimate of drug-likeness (QED) is 0.459. The number of nitrogens with one attached hydrogen (secondary N) is 2. The molecule has 3 heterocycles. The van der Waals surface area contributed by atoms with E-state index in [-0.39, 0.29) is 30.6 Å². The van der Waals surface area contributed by atoms with Gasteiger partial charge in [0.25, 0.3) is 0 Å². The van der Waals surface area contributed by atoms with Crippen LogP contribution < -0.4 is 16.5 Å². The minimum Gasteiger partial charge on any atom is -0.313 e.